The average Bonchev–Trinajstić information content (AvgIpc) is 2.75. The van der Waals surface area contributed by atoms with Crippen molar-refractivity contribution in [3.05, 3.63) is 90.0 Å². The SMILES string of the molecule is COc1cccc(NC(=O)[C@@H](NCCOc2ccc(C)cc2)c2ccccc2)c1. The lowest BCUT2D eigenvalue weighted by atomic mass is 10.1. The van der Waals surface area contributed by atoms with Crippen molar-refractivity contribution >= 4 is 11.6 Å². The van der Waals surface area contributed by atoms with E-state index in [0.29, 0.717) is 24.6 Å². The molecule has 0 saturated carbocycles. The number of aryl methyl sites for hydroxylation is 1. The van der Waals surface area contributed by atoms with Crippen LogP contribution in [0.25, 0.3) is 0 Å². The van der Waals surface area contributed by atoms with Gasteiger partial charge in [-0.25, -0.2) is 0 Å². The minimum atomic E-state index is -0.496. The summed E-state index contributed by atoms with van der Waals surface area (Å²) in [5.41, 5.74) is 2.77. The van der Waals surface area contributed by atoms with Gasteiger partial charge in [0.15, 0.2) is 0 Å². The second-order valence-corrected chi connectivity index (χ2v) is 6.68. The third-order valence-electron chi connectivity index (χ3n) is 4.47. The molecule has 0 saturated heterocycles. The molecule has 2 N–H and O–H groups in total. The second kappa shape index (κ2) is 10.3. The predicted molar refractivity (Wildman–Crippen MR) is 115 cm³/mol. The van der Waals surface area contributed by atoms with Crippen molar-refractivity contribution in [1.82, 2.24) is 5.32 Å². The quantitative estimate of drug-likeness (QED) is 0.533. The molecule has 0 bridgehead atoms. The summed E-state index contributed by atoms with van der Waals surface area (Å²) in [7, 11) is 1.60. The number of nitrogens with one attached hydrogen (secondary N) is 2. The number of methoxy groups -OCH3 is 1. The van der Waals surface area contributed by atoms with Gasteiger partial charge in [0.05, 0.1) is 7.11 Å². The maximum atomic E-state index is 13.0. The standard InChI is InChI=1S/C24H26N2O3/c1-18-11-13-21(14-12-18)29-16-15-25-23(19-7-4-3-5-8-19)24(27)26-20-9-6-10-22(17-20)28-2/h3-14,17,23,25H,15-16H2,1-2H3,(H,26,27)/t23-/m0/s1. The lowest BCUT2D eigenvalue weighted by Crippen LogP contribution is -2.35. The van der Waals surface area contributed by atoms with E-state index >= 15 is 0 Å². The molecule has 0 aliphatic carbocycles. The van der Waals surface area contributed by atoms with E-state index in [1.54, 1.807) is 13.2 Å². The van der Waals surface area contributed by atoms with E-state index < -0.39 is 6.04 Å². The molecule has 3 aromatic rings. The molecule has 3 rings (SSSR count). The molecule has 0 fully saturated rings. The summed E-state index contributed by atoms with van der Waals surface area (Å²) in [6.45, 7) is 3.02. The van der Waals surface area contributed by atoms with Crippen molar-refractivity contribution in [3.63, 3.8) is 0 Å². The lowest BCUT2D eigenvalue weighted by molar-refractivity contribution is -0.118. The summed E-state index contributed by atoms with van der Waals surface area (Å²) >= 11 is 0. The van der Waals surface area contributed by atoms with E-state index in [1.807, 2.05) is 79.7 Å². The highest BCUT2D eigenvalue weighted by molar-refractivity contribution is 5.95. The maximum absolute atomic E-state index is 13.0. The van der Waals surface area contributed by atoms with E-state index in [4.69, 9.17) is 9.47 Å². The molecular formula is C24H26N2O3. The zero-order valence-electron chi connectivity index (χ0n) is 16.7. The molecule has 1 atom stereocenters. The number of hydrogen-bond acceptors (Lipinski definition) is 4. The van der Waals surface area contributed by atoms with Crippen molar-refractivity contribution in [3.8, 4) is 11.5 Å². The minimum Gasteiger partial charge on any atom is -0.497 e. The second-order valence-electron chi connectivity index (χ2n) is 6.68. The van der Waals surface area contributed by atoms with Crippen molar-refractivity contribution in [2.24, 2.45) is 0 Å². The van der Waals surface area contributed by atoms with Gasteiger partial charge in [0, 0.05) is 18.3 Å². The molecule has 0 radical (unpaired) electrons. The number of carbonyl (C=O) groups is 1. The van der Waals surface area contributed by atoms with Crippen molar-refractivity contribution < 1.29 is 14.3 Å². The topological polar surface area (TPSA) is 59.6 Å². The van der Waals surface area contributed by atoms with Gasteiger partial charge in [-0.1, -0.05) is 54.1 Å². The highest BCUT2D eigenvalue weighted by atomic mass is 16.5. The van der Waals surface area contributed by atoms with Gasteiger partial charge in [-0.15, -0.1) is 0 Å². The Morgan fingerprint density at radius 3 is 2.41 bits per heavy atom. The fourth-order valence-electron chi connectivity index (χ4n) is 2.93. The molecule has 0 aliphatic rings. The van der Waals surface area contributed by atoms with Crippen LogP contribution in [0.4, 0.5) is 5.69 Å². The number of anilines is 1. The molecule has 5 nitrogen and oxygen atoms in total. The van der Waals surface area contributed by atoms with Crippen molar-refractivity contribution in [2.45, 2.75) is 13.0 Å². The molecule has 1 amide bonds. The summed E-state index contributed by atoms with van der Waals surface area (Å²) in [5.74, 6) is 1.37. The van der Waals surface area contributed by atoms with Gasteiger partial charge in [0.2, 0.25) is 5.91 Å². The minimum absolute atomic E-state index is 0.139. The zero-order chi connectivity index (χ0) is 20.5. The van der Waals surface area contributed by atoms with Crippen LogP contribution in [0.3, 0.4) is 0 Å². The van der Waals surface area contributed by atoms with Gasteiger partial charge in [0.25, 0.3) is 0 Å². The molecular weight excluding hydrogens is 364 g/mol. The van der Waals surface area contributed by atoms with Crippen molar-refractivity contribution in [1.29, 1.82) is 0 Å². The lowest BCUT2D eigenvalue weighted by Gasteiger charge is -2.19. The predicted octanol–water partition coefficient (Wildman–Crippen LogP) is 4.35. The number of ether oxygens (including phenoxy) is 2. The first kappa shape index (κ1) is 20.4. The van der Waals surface area contributed by atoms with Crippen LogP contribution in [0.1, 0.15) is 17.2 Å². The first-order valence-electron chi connectivity index (χ1n) is 9.58. The van der Waals surface area contributed by atoms with Crippen LogP contribution in [0, 0.1) is 6.92 Å². The fourth-order valence-corrected chi connectivity index (χ4v) is 2.93. The monoisotopic (exact) mass is 390 g/mol. The maximum Gasteiger partial charge on any atom is 0.246 e. The summed E-state index contributed by atoms with van der Waals surface area (Å²) in [6.07, 6.45) is 0. The third-order valence-corrected chi connectivity index (χ3v) is 4.47. The van der Waals surface area contributed by atoms with Crippen LogP contribution in [-0.4, -0.2) is 26.2 Å². The number of hydrogen-bond donors (Lipinski definition) is 2. The van der Waals surface area contributed by atoms with E-state index in [2.05, 4.69) is 10.6 Å². The molecule has 3 aromatic carbocycles. The Kier molecular flexibility index (Phi) is 7.25. The van der Waals surface area contributed by atoms with E-state index in [0.717, 1.165) is 11.3 Å². The first-order valence-corrected chi connectivity index (χ1v) is 9.58. The van der Waals surface area contributed by atoms with Gasteiger partial charge in [0.1, 0.15) is 24.1 Å². The number of rotatable bonds is 9. The highest BCUT2D eigenvalue weighted by Crippen LogP contribution is 2.20. The molecule has 5 heteroatoms. The van der Waals surface area contributed by atoms with Crippen LogP contribution in [0.5, 0.6) is 11.5 Å². The molecule has 150 valence electrons. The summed E-state index contributed by atoms with van der Waals surface area (Å²) in [6, 6.07) is 24.4. The summed E-state index contributed by atoms with van der Waals surface area (Å²) in [4.78, 5) is 13.0. The molecule has 29 heavy (non-hydrogen) atoms. The van der Waals surface area contributed by atoms with E-state index in [-0.39, 0.29) is 5.91 Å². The highest BCUT2D eigenvalue weighted by Gasteiger charge is 2.20. The van der Waals surface area contributed by atoms with Gasteiger partial charge in [-0.05, 0) is 36.8 Å². The van der Waals surface area contributed by atoms with Crippen LogP contribution >= 0.6 is 0 Å². The Morgan fingerprint density at radius 2 is 1.69 bits per heavy atom. The van der Waals surface area contributed by atoms with E-state index in [9.17, 15) is 4.79 Å². The van der Waals surface area contributed by atoms with Gasteiger partial charge >= 0.3 is 0 Å². The number of amides is 1. The number of carbonyl (C=O) groups excluding carboxylic acids is 1. The smallest absolute Gasteiger partial charge is 0.246 e. The summed E-state index contributed by atoms with van der Waals surface area (Å²) < 4.78 is 11.0. The summed E-state index contributed by atoms with van der Waals surface area (Å²) in [5, 5.41) is 6.26. The molecule has 0 heterocycles. The number of benzene rings is 3. The average molecular weight is 390 g/mol. The van der Waals surface area contributed by atoms with Gasteiger partial charge in [-0.3, -0.25) is 10.1 Å². The zero-order valence-corrected chi connectivity index (χ0v) is 16.7. The molecule has 0 aliphatic heterocycles. The van der Waals surface area contributed by atoms with Crippen LogP contribution in [0.15, 0.2) is 78.9 Å². The van der Waals surface area contributed by atoms with Gasteiger partial charge < -0.3 is 14.8 Å². The molecule has 0 spiro atoms. The van der Waals surface area contributed by atoms with Crippen LogP contribution < -0.4 is 20.1 Å². The molecule has 0 unspecified atom stereocenters. The Hall–Kier alpha value is -3.31. The molecule has 0 aromatic heterocycles. The Morgan fingerprint density at radius 1 is 0.931 bits per heavy atom. The Labute approximate surface area is 171 Å². The Balaban J connectivity index is 1.62. The normalized spacial score (nSPS) is 11.5. The van der Waals surface area contributed by atoms with Crippen LogP contribution in [0.2, 0.25) is 0 Å². The third kappa shape index (κ3) is 6.09. The van der Waals surface area contributed by atoms with Gasteiger partial charge in [-0.2, -0.15) is 0 Å². The van der Waals surface area contributed by atoms with Crippen molar-refractivity contribution in [2.75, 3.05) is 25.6 Å². The first-order chi connectivity index (χ1) is 14.2. The van der Waals surface area contributed by atoms with E-state index in [1.165, 1.54) is 5.56 Å². The Bertz CT molecular complexity index is 911. The van der Waals surface area contributed by atoms with Crippen LogP contribution in [-0.2, 0) is 4.79 Å². The fraction of sp³-hybridized carbons (Fsp3) is 0.208. The largest absolute Gasteiger partial charge is 0.497 e.